The molecule has 2 aromatic carbocycles. The summed E-state index contributed by atoms with van der Waals surface area (Å²) in [5, 5.41) is 2.05. The fourth-order valence-electron chi connectivity index (χ4n) is 2.21. The first-order valence-corrected chi connectivity index (χ1v) is 6.88. The molecule has 0 unspecified atom stereocenters. The highest BCUT2D eigenvalue weighted by molar-refractivity contribution is 6.39. The van der Waals surface area contributed by atoms with Crippen molar-refractivity contribution in [3.8, 4) is 0 Å². The molecule has 0 saturated carbocycles. The number of imide groups is 2. The molecule has 1 heterocycles. The van der Waals surface area contributed by atoms with Gasteiger partial charge in [-0.25, -0.2) is 18.5 Å². The Balaban J connectivity index is 1.99. The number of nitrogens with one attached hydrogen (secondary N) is 1. The maximum absolute atomic E-state index is 13.0. The van der Waals surface area contributed by atoms with Crippen LogP contribution < -0.4 is 10.2 Å². The fraction of sp³-hybridized carbons (Fsp3) is 0. The normalized spacial score (nSPS) is 16.5. The lowest BCUT2D eigenvalue weighted by atomic mass is 10.1. The Morgan fingerprint density at radius 3 is 1.96 bits per heavy atom. The van der Waals surface area contributed by atoms with Crippen molar-refractivity contribution >= 4 is 29.6 Å². The van der Waals surface area contributed by atoms with Crippen molar-refractivity contribution in [2.75, 3.05) is 4.90 Å². The van der Waals surface area contributed by atoms with Crippen molar-refractivity contribution in [3.05, 3.63) is 71.3 Å². The van der Waals surface area contributed by atoms with Gasteiger partial charge in [0.25, 0.3) is 11.8 Å². The number of barbiturate groups is 1. The van der Waals surface area contributed by atoms with E-state index in [0.29, 0.717) is 5.56 Å². The van der Waals surface area contributed by atoms with E-state index in [4.69, 9.17) is 0 Å². The molecule has 1 aliphatic heterocycles. The molecule has 0 radical (unpaired) electrons. The number of rotatable bonds is 2. The summed E-state index contributed by atoms with van der Waals surface area (Å²) in [6, 6.07) is 8.90. The van der Waals surface area contributed by atoms with Gasteiger partial charge in [0.2, 0.25) is 0 Å². The van der Waals surface area contributed by atoms with Crippen LogP contribution in [0.5, 0.6) is 0 Å². The van der Waals surface area contributed by atoms with E-state index in [0.717, 1.165) is 17.0 Å². The molecule has 0 aliphatic carbocycles. The van der Waals surface area contributed by atoms with E-state index in [1.165, 1.54) is 42.5 Å². The molecule has 1 saturated heterocycles. The van der Waals surface area contributed by atoms with Gasteiger partial charge in [0.1, 0.15) is 17.2 Å². The van der Waals surface area contributed by atoms with E-state index in [1.807, 2.05) is 5.32 Å². The minimum absolute atomic E-state index is 0.122. The van der Waals surface area contributed by atoms with Crippen LogP contribution >= 0.6 is 0 Å². The van der Waals surface area contributed by atoms with E-state index in [-0.39, 0.29) is 11.3 Å². The van der Waals surface area contributed by atoms with Crippen molar-refractivity contribution < 1.29 is 23.2 Å². The number of carbonyl (C=O) groups excluding carboxylic acids is 3. The molecule has 0 atom stereocenters. The van der Waals surface area contributed by atoms with Gasteiger partial charge in [-0.1, -0.05) is 12.1 Å². The molecule has 5 nitrogen and oxygen atoms in total. The van der Waals surface area contributed by atoms with Crippen LogP contribution in [-0.4, -0.2) is 17.8 Å². The average Bonchev–Trinajstić information content (AvgIpc) is 2.55. The lowest BCUT2D eigenvalue weighted by Gasteiger charge is -2.26. The highest BCUT2D eigenvalue weighted by Gasteiger charge is 2.36. The average molecular weight is 328 g/mol. The van der Waals surface area contributed by atoms with Crippen LogP contribution in [0, 0.1) is 11.6 Å². The van der Waals surface area contributed by atoms with Gasteiger partial charge in [0.15, 0.2) is 0 Å². The molecule has 24 heavy (non-hydrogen) atoms. The summed E-state index contributed by atoms with van der Waals surface area (Å²) in [7, 11) is 0. The maximum Gasteiger partial charge on any atom is 0.335 e. The van der Waals surface area contributed by atoms with Crippen LogP contribution in [0.1, 0.15) is 5.56 Å². The van der Waals surface area contributed by atoms with Crippen molar-refractivity contribution in [2.24, 2.45) is 0 Å². The standard InChI is InChI=1S/C17H10F2N2O3/c18-11-3-1-10(2-4-11)9-14-15(22)20-17(24)21(16(14)23)13-7-5-12(19)6-8-13/h1-9H,(H,20,22,24)/b14-9+. The molecule has 2 aromatic rings. The first-order valence-electron chi connectivity index (χ1n) is 6.88. The lowest BCUT2D eigenvalue weighted by molar-refractivity contribution is -0.122. The molecule has 7 heteroatoms. The minimum atomic E-state index is -0.923. The predicted octanol–water partition coefficient (Wildman–Crippen LogP) is 2.63. The number of benzene rings is 2. The number of amides is 4. The van der Waals surface area contributed by atoms with Gasteiger partial charge < -0.3 is 0 Å². The number of nitrogens with zero attached hydrogens (tertiary/aromatic N) is 1. The van der Waals surface area contributed by atoms with E-state index in [2.05, 4.69) is 0 Å². The largest absolute Gasteiger partial charge is 0.335 e. The quantitative estimate of drug-likeness (QED) is 0.681. The summed E-state index contributed by atoms with van der Waals surface area (Å²) < 4.78 is 25.9. The molecular weight excluding hydrogens is 318 g/mol. The summed E-state index contributed by atoms with van der Waals surface area (Å²) >= 11 is 0. The molecule has 120 valence electrons. The van der Waals surface area contributed by atoms with E-state index >= 15 is 0 Å². The second kappa shape index (κ2) is 6.04. The lowest BCUT2D eigenvalue weighted by Crippen LogP contribution is -2.54. The van der Waals surface area contributed by atoms with Crippen LogP contribution in [0.2, 0.25) is 0 Å². The number of hydrogen-bond acceptors (Lipinski definition) is 3. The zero-order valence-electron chi connectivity index (χ0n) is 12.1. The summed E-state index contributed by atoms with van der Waals surface area (Å²) in [5.41, 5.74) is 0.255. The highest BCUT2D eigenvalue weighted by Crippen LogP contribution is 2.22. The Hall–Kier alpha value is -3.35. The van der Waals surface area contributed by atoms with Gasteiger partial charge in [0.05, 0.1) is 5.69 Å². The van der Waals surface area contributed by atoms with Gasteiger partial charge in [-0.2, -0.15) is 0 Å². The third kappa shape index (κ3) is 2.91. The topological polar surface area (TPSA) is 66.5 Å². The van der Waals surface area contributed by atoms with Crippen molar-refractivity contribution in [1.82, 2.24) is 5.32 Å². The van der Waals surface area contributed by atoms with Crippen molar-refractivity contribution in [3.63, 3.8) is 0 Å². The predicted molar refractivity (Wildman–Crippen MR) is 81.8 cm³/mol. The zero-order chi connectivity index (χ0) is 17.3. The summed E-state index contributed by atoms with van der Waals surface area (Å²) in [6.07, 6.45) is 1.25. The minimum Gasteiger partial charge on any atom is -0.273 e. The van der Waals surface area contributed by atoms with E-state index in [9.17, 15) is 23.2 Å². The monoisotopic (exact) mass is 328 g/mol. The molecule has 0 aromatic heterocycles. The van der Waals surface area contributed by atoms with Crippen LogP contribution in [0.4, 0.5) is 19.3 Å². The first-order chi connectivity index (χ1) is 11.5. The molecule has 3 rings (SSSR count). The molecular formula is C17H10F2N2O3. The molecule has 1 aliphatic rings. The third-order valence-electron chi connectivity index (χ3n) is 3.37. The number of halogens is 2. The third-order valence-corrected chi connectivity index (χ3v) is 3.37. The van der Waals surface area contributed by atoms with Gasteiger partial charge in [-0.3, -0.25) is 14.9 Å². The summed E-state index contributed by atoms with van der Waals surface area (Å²) in [5.74, 6) is -2.69. The number of anilines is 1. The number of carbonyl (C=O) groups is 3. The van der Waals surface area contributed by atoms with Crippen LogP contribution in [0.15, 0.2) is 54.1 Å². The van der Waals surface area contributed by atoms with Crippen LogP contribution in [-0.2, 0) is 9.59 Å². The van der Waals surface area contributed by atoms with E-state index in [1.54, 1.807) is 0 Å². The maximum atomic E-state index is 13.0. The van der Waals surface area contributed by atoms with Crippen LogP contribution in [0.3, 0.4) is 0 Å². The fourth-order valence-corrected chi connectivity index (χ4v) is 2.21. The second-order valence-corrected chi connectivity index (χ2v) is 4.99. The second-order valence-electron chi connectivity index (χ2n) is 4.99. The zero-order valence-corrected chi connectivity index (χ0v) is 12.1. The number of hydrogen-bond donors (Lipinski definition) is 1. The Morgan fingerprint density at radius 1 is 0.833 bits per heavy atom. The Labute approximate surface area is 135 Å². The van der Waals surface area contributed by atoms with Crippen molar-refractivity contribution in [2.45, 2.75) is 0 Å². The molecule has 1 fully saturated rings. The Kier molecular flexibility index (Phi) is 3.91. The van der Waals surface area contributed by atoms with Gasteiger partial charge in [-0.05, 0) is 48.0 Å². The summed E-state index contributed by atoms with van der Waals surface area (Å²) in [4.78, 5) is 37.1. The molecule has 4 amide bonds. The van der Waals surface area contributed by atoms with Gasteiger partial charge in [0, 0.05) is 0 Å². The van der Waals surface area contributed by atoms with E-state index < -0.39 is 29.5 Å². The van der Waals surface area contributed by atoms with Gasteiger partial charge >= 0.3 is 6.03 Å². The Morgan fingerprint density at radius 2 is 1.38 bits per heavy atom. The highest BCUT2D eigenvalue weighted by atomic mass is 19.1. The first kappa shape index (κ1) is 15.5. The van der Waals surface area contributed by atoms with Crippen LogP contribution in [0.25, 0.3) is 6.08 Å². The summed E-state index contributed by atoms with van der Waals surface area (Å²) in [6.45, 7) is 0. The molecule has 1 N–H and O–H groups in total. The SMILES string of the molecule is O=C1NC(=O)N(c2ccc(F)cc2)C(=O)/C1=C/c1ccc(F)cc1. The molecule has 0 bridgehead atoms. The Bertz CT molecular complexity index is 858. The smallest absolute Gasteiger partial charge is 0.273 e. The van der Waals surface area contributed by atoms with Gasteiger partial charge in [-0.15, -0.1) is 0 Å². The molecule has 0 spiro atoms. The number of urea groups is 1. The van der Waals surface area contributed by atoms with Crippen molar-refractivity contribution in [1.29, 1.82) is 0 Å².